The van der Waals surface area contributed by atoms with Crippen molar-refractivity contribution in [3.63, 3.8) is 0 Å². The van der Waals surface area contributed by atoms with Crippen molar-refractivity contribution in [3.05, 3.63) is 0 Å². The number of hydrogen-bond donors (Lipinski definition) is 0. The highest BCUT2D eigenvalue weighted by Crippen LogP contribution is 2.45. The Morgan fingerprint density at radius 2 is 1.36 bits per heavy atom. The maximum Gasteiger partial charge on any atom is 0.0658 e. The zero-order chi connectivity index (χ0) is 17.9. The molecule has 3 atom stereocenters. The molecule has 0 spiro atoms. The van der Waals surface area contributed by atoms with Crippen molar-refractivity contribution in [1.29, 1.82) is 5.26 Å². The van der Waals surface area contributed by atoms with Gasteiger partial charge >= 0.3 is 0 Å². The van der Waals surface area contributed by atoms with Crippen LogP contribution in [0, 0.1) is 40.9 Å². The zero-order valence-corrected chi connectivity index (χ0v) is 17.1. The topological polar surface area (TPSA) is 23.8 Å². The predicted molar refractivity (Wildman–Crippen MR) is 108 cm³/mol. The van der Waals surface area contributed by atoms with E-state index < -0.39 is 0 Å². The SMILES string of the molecule is CCCCCCC1CC(C2CCC(CCCCC)CC2)CCC1C#N. The summed E-state index contributed by atoms with van der Waals surface area (Å²) >= 11 is 0. The summed E-state index contributed by atoms with van der Waals surface area (Å²) in [6, 6.07) is 2.65. The number of nitriles is 1. The minimum Gasteiger partial charge on any atom is -0.198 e. The Balaban J connectivity index is 1.74. The Hall–Kier alpha value is -0.510. The molecular weight excluding hydrogens is 302 g/mol. The summed E-state index contributed by atoms with van der Waals surface area (Å²) in [4.78, 5) is 0. The van der Waals surface area contributed by atoms with E-state index in [-0.39, 0.29) is 0 Å². The van der Waals surface area contributed by atoms with E-state index in [9.17, 15) is 5.26 Å². The van der Waals surface area contributed by atoms with Crippen molar-refractivity contribution in [3.8, 4) is 6.07 Å². The fraction of sp³-hybridized carbons (Fsp3) is 0.958. The fourth-order valence-corrected chi connectivity index (χ4v) is 5.68. The van der Waals surface area contributed by atoms with E-state index in [1.807, 2.05) is 0 Å². The van der Waals surface area contributed by atoms with E-state index in [1.165, 1.54) is 103 Å². The second kappa shape index (κ2) is 12.0. The van der Waals surface area contributed by atoms with Crippen LogP contribution in [0.25, 0.3) is 0 Å². The van der Waals surface area contributed by atoms with Crippen LogP contribution in [0.15, 0.2) is 0 Å². The van der Waals surface area contributed by atoms with Crippen molar-refractivity contribution in [2.75, 3.05) is 0 Å². The standard InChI is InChI=1S/C24H43N/c1-3-5-7-9-11-22-18-23(16-17-24(22)19-25)21-14-12-20(13-15-21)10-8-6-4-2/h20-24H,3-18H2,1-2H3. The van der Waals surface area contributed by atoms with Crippen LogP contribution in [0.5, 0.6) is 0 Å². The Bertz CT molecular complexity index is 374. The summed E-state index contributed by atoms with van der Waals surface area (Å²) in [6.07, 6.45) is 22.3. The van der Waals surface area contributed by atoms with E-state index in [1.54, 1.807) is 0 Å². The van der Waals surface area contributed by atoms with Crippen molar-refractivity contribution < 1.29 is 0 Å². The van der Waals surface area contributed by atoms with Gasteiger partial charge in [-0.25, -0.2) is 0 Å². The molecule has 25 heavy (non-hydrogen) atoms. The Labute approximate surface area is 158 Å². The first-order valence-electron chi connectivity index (χ1n) is 11.7. The fourth-order valence-electron chi connectivity index (χ4n) is 5.68. The monoisotopic (exact) mass is 345 g/mol. The summed E-state index contributed by atoms with van der Waals surface area (Å²) in [5.41, 5.74) is 0. The molecule has 144 valence electrons. The molecule has 3 unspecified atom stereocenters. The van der Waals surface area contributed by atoms with Gasteiger partial charge < -0.3 is 0 Å². The number of hydrogen-bond acceptors (Lipinski definition) is 1. The average Bonchev–Trinajstić information content (AvgIpc) is 2.66. The highest BCUT2D eigenvalue weighted by atomic mass is 14.4. The van der Waals surface area contributed by atoms with Gasteiger partial charge in [-0.05, 0) is 62.2 Å². The molecule has 2 fully saturated rings. The smallest absolute Gasteiger partial charge is 0.0658 e. The van der Waals surface area contributed by atoms with Gasteiger partial charge in [0.15, 0.2) is 0 Å². The molecule has 1 heteroatoms. The molecule has 2 aliphatic carbocycles. The minimum absolute atomic E-state index is 0.364. The van der Waals surface area contributed by atoms with Crippen molar-refractivity contribution in [1.82, 2.24) is 0 Å². The van der Waals surface area contributed by atoms with Crippen LogP contribution >= 0.6 is 0 Å². The predicted octanol–water partition coefficient (Wildman–Crippen LogP) is 7.90. The maximum atomic E-state index is 9.55. The molecule has 0 aromatic heterocycles. The van der Waals surface area contributed by atoms with Crippen molar-refractivity contribution >= 4 is 0 Å². The van der Waals surface area contributed by atoms with E-state index in [4.69, 9.17) is 0 Å². The molecule has 2 rings (SSSR count). The van der Waals surface area contributed by atoms with Crippen LogP contribution in [-0.2, 0) is 0 Å². The molecule has 0 aromatic rings. The van der Waals surface area contributed by atoms with Gasteiger partial charge in [0.1, 0.15) is 0 Å². The quantitative estimate of drug-likeness (QED) is 0.369. The molecule has 0 amide bonds. The van der Waals surface area contributed by atoms with Gasteiger partial charge in [0.2, 0.25) is 0 Å². The lowest BCUT2D eigenvalue weighted by Crippen LogP contribution is -2.30. The molecule has 0 N–H and O–H groups in total. The van der Waals surface area contributed by atoms with Crippen LogP contribution in [0.3, 0.4) is 0 Å². The number of rotatable bonds is 10. The van der Waals surface area contributed by atoms with Crippen LogP contribution in [0.2, 0.25) is 0 Å². The van der Waals surface area contributed by atoms with E-state index in [2.05, 4.69) is 19.9 Å². The van der Waals surface area contributed by atoms with Gasteiger partial charge in [0.25, 0.3) is 0 Å². The van der Waals surface area contributed by atoms with Gasteiger partial charge in [-0.1, -0.05) is 78.1 Å². The molecule has 0 bridgehead atoms. The number of nitrogens with zero attached hydrogens (tertiary/aromatic N) is 1. The zero-order valence-electron chi connectivity index (χ0n) is 17.1. The van der Waals surface area contributed by atoms with E-state index in [0.717, 1.165) is 17.8 Å². The molecule has 2 aliphatic rings. The van der Waals surface area contributed by atoms with E-state index in [0.29, 0.717) is 11.8 Å². The molecule has 0 saturated heterocycles. The Kier molecular flexibility index (Phi) is 9.97. The number of unbranched alkanes of at least 4 members (excludes halogenated alkanes) is 5. The summed E-state index contributed by atoms with van der Waals surface area (Å²) < 4.78 is 0. The molecule has 0 radical (unpaired) electrons. The highest BCUT2D eigenvalue weighted by molar-refractivity contribution is 4.94. The molecule has 2 saturated carbocycles. The van der Waals surface area contributed by atoms with Crippen LogP contribution < -0.4 is 0 Å². The molecule has 0 heterocycles. The normalized spacial score (nSPS) is 33.1. The second-order valence-corrected chi connectivity index (χ2v) is 9.19. The van der Waals surface area contributed by atoms with Crippen LogP contribution in [0.1, 0.15) is 117 Å². The minimum atomic E-state index is 0.364. The average molecular weight is 346 g/mol. The molecule has 0 aliphatic heterocycles. The largest absolute Gasteiger partial charge is 0.198 e. The first kappa shape index (κ1) is 20.8. The summed E-state index contributed by atoms with van der Waals surface area (Å²) in [6.45, 7) is 4.60. The van der Waals surface area contributed by atoms with Crippen molar-refractivity contribution in [2.45, 2.75) is 117 Å². The summed E-state index contributed by atoms with van der Waals surface area (Å²) in [5.74, 6) is 4.03. The van der Waals surface area contributed by atoms with Crippen molar-refractivity contribution in [2.24, 2.45) is 29.6 Å². The van der Waals surface area contributed by atoms with Crippen LogP contribution in [0.4, 0.5) is 0 Å². The van der Waals surface area contributed by atoms with E-state index >= 15 is 0 Å². The molecular formula is C24H43N. The summed E-state index contributed by atoms with van der Waals surface area (Å²) in [7, 11) is 0. The third kappa shape index (κ3) is 6.96. The van der Waals surface area contributed by atoms with Gasteiger partial charge in [-0.2, -0.15) is 5.26 Å². The third-order valence-corrected chi connectivity index (χ3v) is 7.39. The third-order valence-electron chi connectivity index (χ3n) is 7.39. The Morgan fingerprint density at radius 1 is 0.720 bits per heavy atom. The maximum absolute atomic E-state index is 9.55. The first-order valence-corrected chi connectivity index (χ1v) is 11.7. The molecule has 0 aromatic carbocycles. The van der Waals surface area contributed by atoms with Gasteiger partial charge in [0.05, 0.1) is 6.07 Å². The van der Waals surface area contributed by atoms with Gasteiger partial charge in [-0.3, -0.25) is 0 Å². The highest BCUT2D eigenvalue weighted by Gasteiger charge is 2.35. The van der Waals surface area contributed by atoms with Gasteiger partial charge in [0, 0.05) is 5.92 Å². The lowest BCUT2D eigenvalue weighted by Gasteiger charge is -2.40. The Morgan fingerprint density at radius 3 is 2.04 bits per heavy atom. The lowest BCUT2D eigenvalue weighted by atomic mass is 9.65. The van der Waals surface area contributed by atoms with Crippen LogP contribution in [-0.4, -0.2) is 0 Å². The lowest BCUT2D eigenvalue weighted by molar-refractivity contribution is 0.113. The molecule has 1 nitrogen and oxygen atoms in total. The summed E-state index contributed by atoms with van der Waals surface area (Å²) in [5, 5.41) is 9.55. The first-order chi connectivity index (χ1) is 12.3. The second-order valence-electron chi connectivity index (χ2n) is 9.19. The van der Waals surface area contributed by atoms with Gasteiger partial charge in [-0.15, -0.1) is 0 Å².